The summed E-state index contributed by atoms with van der Waals surface area (Å²) in [6.07, 6.45) is 2.07. The van der Waals surface area contributed by atoms with E-state index < -0.39 is 12.2 Å². The van der Waals surface area contributed by atoms with Gasteiger partial charge in [-0.1, -0.05) is 26.0 Å². The van der Waals surface area contributed by atoms with Crippen LogP contribution in [0.3, 0.4) is 0 Å². The number of rotatable bonds is 5. The van der Waals surface area contributed by atoms with Crippen molar-refractivity contribution in [1.82, 2.24) is 0 Å². The molecule has 0 aromatic rings. The van der Waals surface area contributed by atoms with Gasteiger partial charge in [-0.2, -0.15) is 0 Å². The SMILES string of the molecule is C/C=C/[C@@H](O)[C@H](C)[C@@H](O)[C@@H](C)CO. The lowest BCUT2D eigenvalue weighted by molar-refractivity contribution is -0.00417. The number of aliphatic hydroxyl groups is 3. The molecule has 0 aliphatic heterocycles. The van der Waals surface area contributed by atoms with E-state index in [1.165, 1.54) is 0 Å². The van der Waals surface area contributed by atoms with Gasteiger partial charge in [0.05, 0.1) is 12.2 Å². The highest BCUT2D eigenvalue weighted by Crippen LogP contribution is 2.16. The minimum absolute atomic E-state index is 0.0614. The van der Waals surface area contributed by atoms with Gasteiger partial charge in [0, 0.05) is 18.4 Å². The van der Waals surface area contributed by atoms with Gasteiger partial charge in [0.1, 0.15) is 0 Å². The number of allylic oxidation sites excluding steroid dienone is 1. The molecule has 0 aromatic heterocycles. The van der Waals surface area contributed by atoms with E-state index in [1.54, 1.807) is 26.0 Å². The molecule has 0 rings (SSSR count). The highest BCUT2D eigenvalue weighted by atomic mass is 16.3. The van der Waals surface area contributed by atoms with Gasteiger partial charge in [-0.25, -0.2) is 0 Å². The molecule has 0 aromatic carbocycles. The molecule has 3 nitrogen and oxygen atoms in total. The largest absolute Gasteiger partial charge is 0.396 e. The highest BCUT2D eigenvalue weighted by molar-refractivity contribution is 4.91. The van der Waals surface area contributed by atoms with Gasteiger partial charge in [0.2, 0.25) is 0 Å². The molecule has 0 saturated carbocycles. The summed E-state index contributed by atoms with van der Waals surface area (Å²) in [7, 11) is 0. The first-order chi connectivity index (χ1) is 6.04. The second kappa shape index (κ2) is 6.13. The van der Waals surface area contributed by atoms with Crippen molar-refractivity contribution in [3.05, 3.63) is 12.2 Å². The number of hydrogen-bond acceptors (Lipinski definition) is 3. The Hall–Kier alpha value is -0.380. The van der Waals surface area contributed by atoms with Crippen molar-refractivity contribution in [3.63, 3.8) is 0 Å². The second-order valence-electron chi connectivity index (χ2n) is 3.53. The zero-order valence-corrected chi connectivity index (χ0v) is 8.51. The van der Waals surface area contributed by atoms with Crippen LogP contribution in [0.2, 0.25) is 0 Å². The first-order valence-corrected chi connectivity index (χ1v) is 4.64. The first kappa shape index (κ1) is 12.6. The molecule has 4 atom stereocenters. The molecule has 0 bridgehead atoms. The maximum atomic E-state index is 9.63. The Morgan fingerprint density at radius 3 is 2.15 bits per heavy atom. The normalized spacial score (nSPS) is 21.4. The van der Waals surface area contributed by atoms with E-state index in [4.69, 9.17) is 5.11 Å². The summed E-state index contributed by atoms with van der Waals surface area (Å²) >= 11 is 0. The van der Waals surface area contributed by atoms with Crippen LogP contribution in [-0.2, 0) is 0 Å². The zero-order valence-electron chi connectivity index (χ0n) is 8.51. The van der Waals surface area contributed by atoms with Gasteiger partial charge in [0.15, 0.2) is 0 Å². The van der Waals surface area contributed by atoms with Crippen LogP contribution in [0, 0.1) is 11.8 Å². The molecule has 0 radical (unpaired) electrons. The summed E-state index contributed by atoms with van der Waals surface area (Å²) in [6.45, 7) is 5.27. The van der Waals surface area contributed by atoms with Crippen LogP contribution >= 0.6 is 0 Å². The Morgan fingerprint density at radius 2 is 1.77 bits per heavy atom. The van der Waals surface area contributed by atoms with Gasteiger partial charge >= 0.3 is 0 Å². The van der Waals surface area contributed by atoms with Crippen LogP contribution in [-0.4, -0.2) is 34.1 Å². The van der Waals surface area contributed by atoms with Crippen molar-refractivity contribution in [2.75, 3.05) is 6.61 Å². The number of hydrogen-bond donors (Lipinski definition) is 3. The van der Waals surface area contributed by atoms with Gasteiger partial charge in [-0.15, -0.1) is 0 Å². The first-order valence-electron chi connectivity index (χ1n) is 4.64. The molecule has 0 amide bonds. The molecule has 3 heteroatoms. The molecule has 3 N–H and O–H groups in total. The van der Waals surface area contributed by atoms with Crippen LogP contribution < -0.4 is 0 Å². The monoisotopic (exact) mass is 188 g/mol. The summed E-state index contributed by atoms with van der Waals surface area (Å²) in [5.41, 5.74) is 0. The fraction of sp³-hybridized carbons (Fsp3) is 0.800. The van der Waals surface area contributed by atoms with Gasteiger partial charge < -0.3 is 15.3 Å². The summed E-state index contributed by atoms with van der Waals surface area (Å²) in [6, 6.07) is 0. The predicted molar refractivity (Wildman–Crippen MR) is 52.2 cm³/mol. The molecule has 0 aliphatic rings. The highest BCUT2D eigenvalue weighted by Gasteiger charge is 2.24. The average molecular weight is 188 g/mol. The fourth-order valence-electron chi connectivity index (χ4n) is 1.20. The Morgan fingerprint density at radius 1 is 1.23 bits per heavy atom. The maximum absolute atomic E-state index is 9.63. The summed E-state index contributed by atoms with van der Waals surface area (Å²) in [5, 5.41) is 27.9. The molecular formula is C10H20O3. The zero-order chi connectivity index (χ0) is 10.4. The lowest BCUT2D eigenvalue weighted by Gasteiger charge is -2.25. The minimum atomic E-state index is -0.670. The van der Waals surface area contributed by atoms with Crippen molar-refractivity contribution in [2.24, 2.45) is 11.8 Å². The maximum Gasteiger partial charge on any atom is 0.0771 e. The van der Waals surface area contributed by atoms with E-state index in [2.05, 4.69) is 0 Å². The van der Waals surface area contributed by atoms with Crippen LogP contribution in [0.5, 0.6) is 0 Å². The minimum Gasteiger partial charge on any atom is -0.396 e. The Labute approximate surface area is 79.7 Å². The lowest BCUT2D eigenvalue weighted by Crippen LogP contribution is -2.34. The summed E-state index contributed by atoms with van der Waals surface area (Å²) in [4.78, 5) is 0. The van der Waals surface area contributed by atoms with Crippen LogP contribution in [0.4, 0.5) is 0 Å². The molecule has 0 aliphatic carbocycles. The third-order valence-corrected chi connectivity index (χ3v) is 2.34. The molecule has 0 spiro atoms. The van der Waals surface area contributed by atoms with Gasteiger partial charge in [-0.05, 0) is 6.92 Å². The molecule has 0 fully saturated rings. The molecule has 0 heterocycles. The Kier molecular flexibility index (Phi) is 5.95. The van der Waals surface area contributed by atoms with E-state index in [1.807, 2.05) is 6.92 Å². The van der Waals surface area contributed by atoms with Gasteiger partial charge in [-0.3, -0.25) is 0 Å². The van der Waals surface area contributed by atoms with Crippen molar-refractivity contribution < 1.29 is 15.3 Å². The molecule has 78 valence electrons. The van der Waals surface area contributed by atoms with E-state index in [0.29, 0.717) is 0 Å². The quantitative estimate of drug-likeness (QED) is 0.552. The van der Waals surface area contributed by atoms with E-state index in [9.17, 15) is 10.2 Å². The van der Waals surface area contributed by atoms with E-state index in [-0.39, 0.29) is 18.4 Å². The third kappa shape index (κ3) is 3.89. The smallest absolute Gasteiger partial charge is 0.0771 e. The van der Waals surface area contributed by atoms with Crippen molar-refractivity contribution in [3.8, 4) is 0 Å². The fourth-order valence-corrected chi connectivity index (χ4v) is 1.20. The molecule has 0 unspecified atom stereocenters. The molecule has 13 heavy (non-hydrogen) atoms. The topological polar surface area (TPSA) is 60.7 Å². The Balaban J connectivity index is 4.15. The Bertz CT molecular complexity index is 156. The van der Waals surface area contributed by atoms with E-state index >= 15 is 0 Å². The third-order valence-electron chi connectivity index (χ3n) is 2.34. The van der Waals surface area contributed by atoms with Crippen LogP contribution in [0.1, 0.15) is 20.8 Å². The lowest BCUT2D eigenvalue weighted by atomic mass is 9.89. The summed E-state index contributed by atoms with van der Waals surface area (Å²) in [5.74, 6) is -0.451. The average Bonchev–Trinajstić information content (AvgIpc) is 2.14. The molecule has 0 saturated heterocycles. The van der Waals surface area contributed by atoms with Crippen molar-refractivity contribution >= 4 is 0 Å². The second-order valence-corrected chi connectivity index (χ2v) is 3.53. The van der Waals surface area contributed by atoms with Crippen molar-refractivity contribution in [1.29, 1.82) is 0 Å². The number of aliphatic hydroxyl groups excluding tert-OH is 3. The summed E-state index contributed by atoms with van der Waals surface area (Å²) < 4.78 is 0. The van der Waals surface area contributed by atoms with Gasteiger partial charge in [0.25, 0.3) is 0 Å². The van der Waals surface area contributed by atoms with Crippen LogP contribution in [0.25, 0.3) is 0 Å². The molecular weight excluding hydrogens is 168 g/mol. The predicted octanol–water partition coefficient (Wildman–Crippen LogP) is 0.549. The van der Waals surface area contributed by atoms with E-state index in [0.717, 1.165) is 0 Å². The van der Waals surface area contributed by atoms with Crippen LogP contribution in [0.15, 0.2) is 12.2 Å². The van der Waals surface area contributed by atoms with Crippen molar-refractivity contribution in [2.45, 2.75) is 33.0 Å². The standard InChI is InChI=1S/C10H20O3/c1-4-5-9(12)8(3)10(13)7(2)6-11/h4-5,7-13H,6H2,1-3H3/b5-4+/t7-,8-,9+,10-/m0/s1.